The van der Waals surface area contributed by atoms with Gasteiger partial charge in [-0.15, -0.1) is 11.8 Å². The molecule has 2 aliphatic heterocycles. The van der Waals surface area contributed by atoms with E-state index in [1.165, 1.54) is 70.8 Å². The maximum atomic E-state index is 14.3. The van der Waals surface area contributed by atoms with Crippen molar-refractivity contribution in [3.05, 3.63) is 96.9 Å². The number of pyridine rings is 1. The topological polar surface area (TPSA) is 420 Å². The SMILES string of the molecule is CC1COc2ccccc2N1C(=O)C(Cl)Cl.CCNc1nc(Cl)nc(NC(C)C)n1.COC(=O)CSc1cc(N=c2sc(=O)n3n2CCCC3)c(F)cc1Cl.COc1cc(OC)nc(NC(=O)NS(=O)(=O)c2ncccc2C(=O)N(C)C)n1.C[S+](C)C.O=C(O)CNCP(=O)([O-])O. The molecule has 97 heavy (non-hydrogen) atoms. The number of fused-ring (bicyclic) bond motifs is 2. The van der Waals surface area contributed by atoms with Crippen LogP contribution in [-0.4, -0.2) is 195 Å². The van der Waals surface area contributed by atoms with Crippen molar-refractivity contribution in [2.45, 2.75) is 80.5 Å². The number of rotatable bonds is 19. The standard InChI is InChI=1S/C15H15ClFN3O3S2.C15H18N6O6S.C11H11Cl2NO2.C8H14ClN5.C3H8NO5P.C3H9S/c1-23-13(21)8-24-12-7-11(10(17)6-9(12)16)18-14-19-4-2-3-5-20(19)15(22)25-14;1-21(2)13(22)9-6-5-7-16-12(9)28(24,25)20-15(23)19-14-17-10(26-3)8-11(18-14)27-4;1-7-6-16-9-5-3-2-4-8(9)14(7)11(15)10(12)13;1-4-10-7-12-6(9)13-8(14-7)11-5(2)3;5-3(6)1-4-2-10(7,8)9;1-4(2)3/h6-7H,2-5,8H2,1H3;5-8H,1-4H3,(H2,17,18,19,20,23);2-5,7,10H,6H2,1H3;5H,4H2,1-3H3,(H2,10,11,12,13,14);4H,1-2H2,(H,5,6)(H2,7,8,9);1-3H3/q;;;;;+1/p-1. The smallest absolute Gasteiger partial charge is 0.335 e. The number of sulfonamides is 1. The summed E-state index contributed by atoms with van der Waals surface area (Å²) < 4.78 is 74.4. The first kappa shape index (κ1) is 84.1. The van der Waals surface area contributed by atoms with Crippen LogP contribution in [-0.2, 0) is 57.7 Å². The van der Waals surface area contributed by atoms with Crippen LogP contribution in [0.5, 0.6) is 17.5 Å². The zero-order chi connectivity index (χ0) is 72.9. The Morgan fingerprint density at radius 1 is 0.948 bits per heavy atom. The first-order valence-electron chi connectivity index (χ1n) is 28.3. The van der Waals surface area contributed by atoms with Crippen molar-refractivity contribution in [2.24, 2.45) is 4.99 Å². The largest absolute Gasteiger partial charge is 0.778 e. The van der Waals surface area contributed by atoms with Gasteiger partial charge in [0.15, 0.2) is 9.86 Å². The highest BCUT2D eigenvalue weighted by atomic mass is 35.5. The van der Waals surface area contributed by atoms with E-state index in [0.717, 1.165) is 54.2 Å². The molecule has 2 unspecified atom stereocenters. The van der Waals surface area contributed by atoms with E-state index in [1.807, 2.05) is 57.3 Å². The van der Waals surface area contributed by atoms with Crippen molar-refractivity contribution in [3.63, 3.8) is 0 Å². The molecule has 0 saturated heterocycles. The lowest BCUT2D eigenvalue weighted by Crippen LogP contribution is -2.47. The number of esters is 1. The molecular formula is C55H74Cl4FN16O16PS4. The molecule has 42 heteroatoms. The quantitative estimate of drug-likeness (QED) is 0.0162. The Labute approximate surface area is 589 Å². The number of halogens is 5. The molecule has 6 aromatic rings. The van der Waals surface area contributed by atoms with E-state index in [0.29, 0.717) is 57.9 Å². The molecule has 2 aromatic carbocycles. The molecule has 4 amide bonds. The Hall–Kier alpha value is -7.16. The number of aromatic nitrogens is 8. The summed E-state index contributed by atoms with van der Waals surface area (Å²) in [5.74, 6) is -1.39. The zero-order valence-electron chi connectivity index (χ0n) is 54.4. The molecule has 0 saturated carbocycles. The van der Waals surface area contributed by atoms with Crippen LogP contribution < -0.4 is 59.7 Å². The summed E-state index contributed by atoms with van der Waals surface area (Å²) in [4.78, 5) is 118. The predicted molar refractivity (Wildman–Crippen MR) is 370 cm³/mol. The third-order valence-corrected chi connectivity index (χ3v) is 16.1. The van der Waals surface area contributed by atoms with Gasteiger partial charge in [-0.25, -0.2) is 28.6 Å². The average Bonchev–Trinajstić information content (AvgIpc) is 1.22. The number of para-hydroxylation sites is 2. The van der Waals surface area contributed by atoms with Gasteiger partial charge in [-0.3, -0.25) is 39.3 Å². The van der Waals surface area contributed by atoms with E-state index in [4.69, 9.17) is 70.6 Å². The number of hydrogen-bond acceptors (Lipinski definition) is 26. The zero-order valence-corrected chi connectivity index (χ0v) is 61.6. The normalized spacial score (nSPS) is 13.5. The minimum atomic E-state index is -4.46. The van der Waals surface area contributed by atoms with E-state index < -0.39 is 70.0 Å². The van der Waals surface area contributed by atoms with Gasteiger partial charge in [0.1, 0.15) is 31.5 Å². The molecule has 2 atom stereocenters. The second kappa shape index (κ2) is 41.3. The maximum absolute atomic E-state index is 14.3. The molecule has 0 aliphatic carbocycles. The highest BCUT2D eigenvalue weighted by Gasteiger charge is 2.32. The van der Waals surface area contributed by atoms with Crippen molar-refractivity contribution in [2.75, 3.05) is 107 Å². The highest BCUT2D eigenvalue weighted by molar-refractivity contribution is 8.00. The Balaban J connectivity index is 0.000000324. The van der Waals surface area contributed by atoms with Gasteiger partial charge < -0.3 is 58.8 Å². The molecule has 4 aromatic heterocycles. The number of alkyl halides is 2. The van der Waals surface area contributed by atoms with Crippen LogP contribution in [0.3, 0.4) is 0 Å². The van der Waals surface area contributed by atoms with Crippen molar-refractivity contribution in [1.29, 1.82) is 0 Å². The second-order valence-corrected chi connectivity index (χ2v) is 29.7. The number of nitrogens with one attached hydrogen (secondary N) is 5. The van der Waals surface area contributed by atoms with Gasteiger partial charge >= 0.3 is 22.8 Å². The maximum Gasteiger partial charge on any atom is 0.335 e. The van der Waals surface area contributed by atoms with Crippen LogP contribution in [0.4, 0.5) is 38.4 Å². The molecule has 0 spiro atoms. The Morgan fingerprint density at radius 3 is 2.13 bits per heavy atom. The van der Waals surface area contributed by atoms with Crippen LogP contribution in [0.1, 0.15) is 50.9 Å². The number of urea groups is 1. The Morgan fingerprint density at radius 2 is 1.57 bits per heavy atom. The number of carbonyl (C=O) groups excluding carboxylic acids is 4. The number of thioether (sulfide) groups is 1. The number of carboxylic acid groups (broad SMARTS) is 1. The predicted octanol–water partition coefficient (Wildman–Crippen LogP) is 5.94. The Kier molecular flexibility index (Phi) is 35.8. The van der Waals surface area contributed by atoms with Crippen molar-refractivity contribution < 1.29 is 75.2 Å². The molecular weight excluding hydrogens is 1460 g/mol. The van der Waals surface area contributed by atoms with Crippen LogP contribution in [0.25, 0.3) is 0 Å². The number of anilines is 4. The van der Waals surface area contributed by atoms with E-state index in [-0.39, 0.29) is 67.9 Å². The summed E-state index contributed by atoms with van der Waals surface area (Å²) in [6, 6.07) is 13.1. The van der Waals surface area contributed by atoms with Gasteiger partial charge in [0.25, 0.3) is 21.8 Å². The first-order chi connectivity index (χ1) is 45.5. The number of methoxy groups -OCH3 is 3. The Bertz CT molecular complexity index is 3910. The van der Waals surface area contributed by atoms with Crippen molar-refractivity contribution in [1.82, 2.24) is 54.2 Å². The van der Waals surface area contributed by atoms with Gasteiger partial charge in [-0.05, 0) is 111 Å². The van der Waals surface area contributed by atoms with Crippen LogP contribution >= 0.6 is 77.1 Å². The van der Waals surface area contributed by atoms with Crippen LogP contribution in [0, 0.1) is 5.82 Å². The lowest BCUT2D eigenvalue weighted by atomic mass is 10.1. The average molecular weight is 1540 g/mol. The second-order valence-electron chi connectivity index (χ2n) is 20.3. The summed E-state index contributed by atoms with van der Waals surface area (Å²) in [6.45, 7) is 9.91. The van der Waals surface area contributed by atoms with Gasteiger partial charge in [0, 0.05) is 50.9 Å². The van der Waals surface area contributed by atoms with Gasteiger partial charge in [0.2, 0.25) is 39.7 Å². The van der Waals surface area contributed by atoms with Crippen LogP contribution in [0.15, 0.2) is 80.5 Å². The highest BCUT2D eigenvalue weighted by Crippen LogP contribution is 2.35. The number of carboxylic acids is 1. The molecule has 534 valence electrons. The molecule has 6 heterocycles. The summed E-state index contributed by atoms with van der Waals surface area (Å²) >= 11 is 25.2. The van der Waals surface area contributed by atoms with E-state index in [9.17, 15) is 51.0 Å². The molecule has 8 rings (SSSR count). The third kappa shape index (κ3) is 29.4. The monoisotopic (exact) mass is 1530 g/mol. The lowest BCUT2D eigenvalue weighted by Gasteiger charge is -2.35. The fraction of sp³-hybridized carbons (Fsp3) is 0.436. The molecule has 0 fully saturated rings. The molecule has 0 radical (unpaired) electrons. The first-order valence-corrected chi connectivity index (χ1v) is 37.4. The summed E-state index contributed by atoms with van der Waals surface area (Å²) in [5.41, 5.74) is 0.615. The van der Waals surface area contributed by atoms with E-state index in [1.54, 1.807) is 19.0 Å². The van der Waals surface area contributed by atoms with Gasteiger partial charge in [-0.2, -0.15) is 33.3 Å². The summed E-state index contributed by atoms with van der Waals surface area (Å²) in [6.07, 6.45) is 8.96. The molecule has 7 N–H and O–H groups in total. The number of aliphatic carboxylic acids is 1. The fourth-order valence-electron chi connectivity index (χ4n) is 7.36. The number of benzene rings is 2. The molecule has 32 nitrogen and oxygen atoms in total. The van der Waals surface area contributed by atoms with E-state index >= 15 is 0 Å². The van der Waals surface area contributed by atoms with Gasteiger partial charge in [0.05, 0.1) is 87.1 Å². The lowest BCUT2D eigenvalue weighted by molar-refractivity contribution is -0.193. The van der Waals surface area contributed by atoms with Crippen molar-refractivity contribution in [3.8, 4) is 17.5 Å². The summed E-state index contributed by atoms with van der Waals surface area (Å²) in [5, 5.41) is 18.0. The number of carbonyl (C=O) groups is 5. The minimum absolute atomic E-state index is 0.0605. The molecule has 2 aliphatic rings. The number of hydrogen-bond donors (Lipinski definition) is 7. The number of nitrogens with zero attached hydrogens (tertiary/aromatic N) is 11. The minimum Gasteiger partial charge on any atom is -0.778 e. The van der Waals surface area contributed by atoms with Crippen molar-refractivity contribution >= 4 is 157 Å². The number of ether oxygens (including phenoxy) is 4. The fourth-order valence-corrected chi connectivity index (χ4v) is 11.2. The third-order valence-electron chi connectivity index (χ3n) is 11.3. The van der Waals surface area contributed by atoms with E-state index in [2.05, 4.69) is 74.4 Å². The summed E-state index contributed by atoms with van der Waals surface area (Å²) in [7, 11) is -1.26. The number of amides is 4. The molecule has 0 bridgehead atoms. The van der Waals surface area contributed by atoms with Gasteiger partial charge in [-0.1, -0.05) is 46.9 Å². The van der Waals surface area contributed by atoms with Crippen LogP contribution in [0.2, 0.25) is 10.3 Å².